The van der Waals surface area contributed by atoms with Crippen LogP contribution >= 0.6 is 0 Å². The van der Waals surface area contributed by atoms with E-state index in [1.807, 2.05) is 6.92 Å². The van der Waals surface area contributed by atoms with Crippen molar-refractivity contribution in [3.63, 3.8) is 0 Å². The van der Waals surface area contributed by atoms with Crippen LogP contribution in [0.1, 0.15) is 92.6 Å². The first kappa shape index (κ1) is 32.7. The fourth-order valence-corrected chi connectivity index (χ4v) is 9.25. The summed E-state index contributed by atoms with van der Waals surface area (Å²) in [6.45, 7) is 2.83. The molecule has 5 aliphatic rings. The molecule has 0 bridgehead atoms. The maximum atomic E-state index is 12.5. The number of hydrogen-bond donors (Lipinski definition) is 5. The second-order valence-corrected chi connectivity index (χ2v) is 14.6. The predicted molar refractivity (Wildman–Crippen MR) is 194 cm³/mol. The molecule has 8 rings (SSSR count). The third-order valence-corrected chi connectivity index (χ3v) is 11.4. The first-order valence-electron chi connectivity index (χ1n) is 18.1. The predicted octanol–water partition coefficient (Wildman–Crippen LogP) is 6.34. The van der Waals surface area contributed by atoms with Crippen molar-refractivity contribution in [3.8, 4) is 22.6 Å². The van der Waals surface area contributed by atoms with Gasteiger partial charge in [0.1, 0.15) is 11.9 Å². The van der Waals surface area contributed by atoms with Gasteiger partial charge in [0.25, 0.3) is 0 Å². The SMILES string of the molecule is CCC[C@H](O)C[C@@H](O)CC(=O)CCc1ccc(O)c(OCN2C=C3C([C@]45CCC[C@@H]4c4cccc6c4-c4c(cccc45)[C@H](N)N6)=CN=C3C2)c1. The number of nitrogens with two attached hydrogens (primary N) is 1. The van der Waals surface area contributed by atoms with Crippen molar-refractivity contribution < 1.29 is 24.9 Å². The number of aryl methyl sites for hydroxylation is 1. The summed E-state index contributed by atoms with van der Waals surface area (Å²) in [5, 5.41) is 34.3. The van der Waals surface area contributed by atoms with Gasteiger partial charge in [-0.25, -0.2) is 0 Å². The van der Waals surface area contributed by atoms with Crippen LogP contribution in [0.15, 0.2) is 83.1 Å². The van der Waals surface area contributed by atoms with Crippen LogP contribution in [-0.2, 0) is 16.6 Å². The lowest BCUT2D eigenvalue weighted by molar-refractivity contribution is -0.121. The van der Waals surface area contributed by atoms with Gasteiger partial charge in [0.2, 0.25) is 0 Å². The first-order valence-corrected chi connectivity index (χ1v) is 18.1. The van der Waals surface area contributed by atoms with Gasteiger partial charge in [0.05, 0.1) is 24.5 Å². The minimum Gasteiger partial charge on any atom is -0.504 e. The van der Waals surface area contributed by atoms with Crippen LogP contribution in [0.5, 0.6) is 11.5 Å². The van der Waals surface area contributed by atoms with E-state index in [1.165, 1.54) is 27.8 Å². The molecule has 3 aromatic carbocycles. The number of phenols is 1. The Bertz CT molecular complexity index is 1930. The highest BCUT2D eigenvalue weighted by Gasteiger charge is 2.55. The van der Waals surface area contributed by atoms with Gasteiger partial charge in [0, 0.05) is 47.5 Å². The number of aromatic hydroxyl groups is 1. The third-order valence-electron chi connectivity index (χ3n) is 11.4. The highest BCUT2D eigenvalue weighted by molar-refractivity contribution is 6.10. The van der Waals surface area contributed by atoms with Gasteiger partial charge < -0.3 is 36.0 Å². The van der Waals surface area contributed by atoms with Crippen molar-refractivity contribution in [3.05, 3.63) is 100 Å². The van der Waals surface area contributed by atoms with Crippen LogP contribution in [0.2, 0.25) is 0 Å². The van der Waals surface area contributed by atoms with Crippen molar-refractivity contribution in [2.45, 2.75) is 94.4 Å². The van der Waals surface area contributed by atoms with Gasteiger partial charge in [-0.3, -0.25) is 9.79 Å². The van der Waals surface area contributed by atoms with E-state index in [-0.39, 0.29) is 49.1 Å². The molecule has 5 atom stereocenters. The first-order chi connectivity index (χ1) is 24.3. The molecular weight excluding hydrogens is 628 g/mol. The smallest absolute Gasteiger partial charge is 0.163 e. The summed E-state index contributed by atoms with van der Waals surface area (Å²) in [5.74, 6) is 0.685. The molecule has 0 spiro atoms. The van der Waals surface area contributed by atoms with Crippen LogP contribution in [0.4, 0.5) is 5.69 Å². The Labute approximate surface area is 293 Å². The standard InChI is InChI=1S/C41H46N4O5/c1-2-6-25(46)18-27(48)19-26(47)14-12-24-13-15-36(49)37(17-24)50-23-45-21-30-33(20-43-35(30)22-45)41-16-5-10-31(41)28-7-4-11-34-39(28)38-29(40(42)44-34)8-3-9-32(38)41/h3-4,7-9,11,13,15,17,20-21,25,27,31,40,44,46,48-49H,2,5-6,10,12,14,16,18-19,22-23,42H2,1H3/t25-,27+,31+,40+,41+/m0/s1. The van der Waals surface area contributed by atoms with Gasteiger partial charge in [-0.1, -0.05) is 56.2 Å². The molecule has 6 N–H and O–H groups in total. The fraction of sp³-hybridized carbons (Fsp3) is 0.415. The highest BCUT2D eigenvalue weighted by atomic mass is 16.5. The molecule has 0 amide bonds. The number of aliphatic hydroxyl groups excluding tert-OH is 2. The summed E-state index contributed by atoms with van der Waals surface area (Å²) in [6, 6.07) is 18.4. The largest absolute Gasteiger partial charge is 0.504 e. The maximum Gasteiger partial charge on any atom is 0.163 e. The van der Waals surface area contributed by atoms with E-state index in [2.05, 4.69) is 59.0 Å². The number of benzene rings is 3. The van der Waals surface area contributed by atoms with E-state index in [9.17, 15) is 20.1 Å². The molecule has 3 aromatic rings. The molecule has 0 radical (unpaired) electrons. The van der Waals surface area contributed by atoms with Gasteiger partial charge >= 0.3 is 0 Å². The zero-order valence-electron chi connectivity index (χ0n) is 28.6. The highest BCUT2D eigenvalue weighted by Crippen LogP contribution is 2.66. The van der Waals surface area contributed by atoms with Gasteiger partial charge in [-0.2, -0.15) is 0 Å². The normalized spacial score (nSPS) is 23.6. The van der Waals surface area contributed by atoms with Crippen molar-refractivity contribution in [1.29, 1.82) is 0 Å². The number of allylic oxidation sites excluding steroid dienone is 1. The molecule has 0 aromatic heterocycles. The summed E-state index contributed by atoms with van der Waals surface area (Å²) < 4.78 is 6.16. The van der Waals surface area contributed by atoms with E-state index >= 15 is 0 Å². The molecule has 3 heterocycles. The molecule has 50 heavy (non-hydrogen) atoms. The summed E-state index contributed by atoms with van der Waals surface area (Å²) in [6.07, 6.45) is 8.29. The average molecular weight is 675 g/mol. The van der Waals surface area contributed by atoms with Gasteiger partial charge in [-0.15, -0.1) is 0 Å². The summed E-state index contributed by atoms with van der Waals surface area (Å²) in [4.78, 5) is 19.6. The Kier molecular flexibility index (Phi) is 8.53. The number of ether oxygens (including phenoxy) is 1. The molecule has 1 saturated carbocycles. The zero-order chi connectivity index (χ0) is 34.6. The molecule has 2 aliphatic carbocycles. The lowest BCUT2D eigenvalue weighted by Gasteiger charge is -2.46. The number of rotatable bonds is 13. The number of carbonyl (C=O) groups is 1. The van der Waals surface area contributed by atoms with Crippen molar-refractivity contribution in [2.75, 3.05) is 18.6 Å². The molecule has 1 fully saturated rings. The summed E-state index contributed by atoms with van der Waals surface area (Å²) in [5.41, 5.74) is 18.4. The fourth-order valence-electron chi connectivity index (χ4n) is 9.25. The Morgan fingerprint density at radius 2 is 1.96 bits per heavy atom. The average Bonchev–Trinajstić information content (AvgIpc) is 3.82. The number of hydrogen-bond acceptors (Lipinski definition) is 9. The number of aliphatic hydroxyl groups is 2. The van der Waals surface area contributed by atoms with E-state index in [4.69, 9.17) is 15.5 Å². The van der Waals surface area contributed by atoms with Crippen LogP contribution < -0.4 is 15.8 Å². The number of nitrogens with zero attached hydrogens (tertiary/aromatic N) is 2. The van der Waals surface area contributed by atoms with E-state index in [0.29, 0.717) is 31.1 Å². The van der Waals surface area contributed by atoms with E-state index in [0.717, 1.165) is 53.8 Å². The Morgan fingerprint density at radius 1 is 1.12 bits per heavy atom. The molecular formula is C41H46N4O5. The van der Waals surface area contributed by atoms with Crippen LogP contribution in [0, 0.1) is 0 Å². The topological polar surface area (TPSA) is 141 Å². The Morgan fingerprint density at radius 3 is 2.82 bits per heavy atom. The zero-order valence-corrected chi connectivity index (χ0v) is 28.6. The molecule has 9 heteroatoms. The molecule has 0 saturated heterocycles. The van der Waals surface area contributed by atoms with Crippen molar-refractivity contribution >= 4 is 17.2 Å². The number of aliphatic imine (C=N–C) groups is 1. The number of Topliss-reactive ketones (excluding diaryl/α,β-unsaturated/α-hetero) is 1. The summed E-state index contributed by atoms with van der Waals surface area (Å²) >= 11 is 0. The lowest BCUT2D eigenvalue weighted by atomic mass is 9.57. The second kappa shape index (κ2) is 13.0. The van der Waals surface area contributed by atoms with Gasteiger partial charge in [0.15, 0.2) is 18.2 Å². The molecule has 0 unspecified atom stereocenters. The number of nitrogens with one attached hydrogen (secondary N) is 1. The van der Waals surface area contributed by atoms with Crippen LogP contribution in [0.3, 0.4) is 0 Å². The monoisotopic (exact) mass is 674 g/mol. The number of phenolic OH excluding ortho intramolecular Hbond substituents is 1. The van der Waals surface area contributed by atoms with E-state index in [1.54, 1.807) is 18.2 Å². The molecule has 9 nitrogen and oxygen atoms in total. The number of carbonyl (C=O) groups excluding carboxylic acids is 1. The Hall–Kier alpha value is -4.44. The molecule has 260 valence electrons. The third kappa shape index (κ3) is 5.52. The maximum absolute atomic E-state index is 12.5. The van der Waals surface area contributed by atoms with Crippen molar-refractivity contribution in [1.82, 2.24) is 4.90 Å². The minimum atomic E-state index is -0.841. The Balaban J connectivity index is 0.977. The van der Waals surface area contributed by atoms with Crippen molar-refractivity contribution in [2.24, 2.45) is 10.7 Å². The van der Waals surface area contributed by atoms with E-state index < -0.39 is 12.2 Å². The van der Waals surface area contributed by atoms with Crippen LogP contribution in [-0.4, -0.2) is 57.2 Å². The minimum absolute atomic E-state index is 0.0270. The second-order valence-electron chi connectivity index (χ2n) is 14.6. The number of anilines is 1. The number of ketones is 1. The lowest BCUT2D eigenvalue weighted by Crippen LogP contribution is -2.38. The summed E-state index contributed by atoms with van der Waals surface area (Å²) in [7, 11) is 0. The van der Waals surface area contributed by atoms with Gasteiger partial charge in [-0.05, 0) is 89.6 Å². The number of fused-ring (bicyclic) bond motifs is 4. The van der Waals surface area contributed by atoms with Crippen LogP contribution in [0.25, 0.3) is 11.1 Å². The molecule has 3 aliphatic heterocycles. The quantitative estimate of drug-likeness (QED) is 0.142.